The Labute approximate surface area is 134 Å². The van der Waals surface area contributed by atoms with E-state index >= 15 is 0 Å². The lowest BCUT2D eigenvalue weighted by Gasteiger charge is -2.22. The standard InChI is InChI=1S/C16H16N6O/c17-9-13-4-5-15(21-11-13)20-7-6-19-12-16(23)22-8-2-1-3-14(22)10-18/h1-5,11,19H,6-8,12H2,(H,20,21). The minimum absolute atomic E-state index is 0.140. The summed E-state index contributed by atoms with van der Waals surface area (Å²) in [5.41, 5.74) is 0.871. The molecular weight excluding hydrogens is 292 g/mol. The highest BCUT2D eigenvalue weighted by Gasteiger charge is 2.17. The number of allylic oxidation sites excluding steroid dienone is 3. The van der Waals surface area contributed by atoms with Crippen LogP contribution in [0.5, 0.6) is 0 Å². The Kier molecular flexibility index (Phi) is 5.87. The van der Waals surface area contributed by atoms with Crippen LogP contribution in [0.25, 0.3) is 0 Å². The molecule has 1 aliphatic rings. The van der Waals surface area contributed by atoms with E-state index in [0.717, 1.165) is 0 Å². The topological polar surface area (TPSA) is 105 Å². The normalized spacial score (nSPS) is 13.0. The predicted molar refractivity (Wildman–Crippen MR) is 84.9 cm³/mol. The first-order valence-corrected chi connectivity index (χ1v) is 7.12. The summed E-state index contributed by atoms with van der Waals surface area (Å²) in [6.45, 7) is 1.75. The van der Waals surface area contributed by atoms with Gasteiger partial charge < -0.3 is 10.6 Å². The van der Waals surface area contributed by atoms with Crippen LogP contribution in [0, 0.1) is 22.7 Å². The quantitative estimate of drug-likeness (QED) is 0.752. The molecule has 0 saturated heterocycles. The maximum absolute atomic E-state index is 12.0. The number of nitrogens with zero attached hydrogens (tertiary/aromatic N) is 4. The van der Waals surface area contributed by atoms with E-state index in [-0.39, 0.29) is 12.5 Å². The number of nitrogens with one attached hydrogen (secondary N) is 2. The van der Waals surface area contributed by atoms with Crippen molar-refractivity contribution in [3.05, 3.63) is 47.8 Å². The number of anilines is 1. The Morgan fingerprint density at radius 1 is 1.30 bits per heavy atom. The van der Waals surface area contributed by atoms with Gasteiger partial charge in [-0.15, -0.1) is 0 Å². The van der Waals surface area contributed by atoms with Gasteiger partial charge in [0, 0.05) is 25.8 Å². The molecule has 7 nitrogen and oxygen atoms in total. The van der Waals surface area contributed by atoms with Crippen molar-refractivity contribution in [3.63, 3.8) is 0 Å². The third kappa shape index (κ3) is 4.67. The van der Waals surface area contributed by atoms with E-state index in [1.54, 1.807) is 24.3 Å². The smallest absolute Gasteiger partial charge is 0.241 e. The molecule has 2 N–H and O–H groups in total. The number of hydrogen-bond donors (Lipinski definition) is 2. The van der Waals surface area contributed by atoms with Crippen molar-refractivity contribution in [2.24, 2.45) is 0 Å². The predicted octanol–water partition coefficient (Wildman–Crippen LogP) is 0.761. The fraction of sp³-hybridized carbons (Fsp3) is 0.250. The molecule has 1 amide bonds. The minimum Gasteiger partial charge on any atom is -0.369 e. The first-order chi connectivity index (χ1) is 11.2. The molecule has 0 radical (unpaired) electrons. The number of nitriles is 2. The van der Waals surface area contributed by atoms with E-state index in [1.807, 2.05) is 18.2 Å². The molecule has 0 fully saturated rings. The molecule has 0 bridgehead atoms. The Morgan fingerprint density at radius 3 is 2.87 bits per heavy atom. The Balaban J connectivity index is 1.68. The van der Waals surface area contributed by atoms with Gasteiger partial charge in [0.05, 0.1) is 12.1 Å². The lowest BCUT2D eigenvalue weighted by Crippen LogP contribution is -2.39. The molecule has 1 aliphatic heterocycles. The van der Waals surface area contributed by atoms with Gasteiger partial charge in [0.1, 0.15) is 23.7 Å². The van der Waals surface area contributed by atoms with E-state index in [9.17, 15) is 4.79 Å². The van der Waals surface area contributed by atoms with E-state index < -0.39 is 0 Å². The highest BCUT2D eigenvalue weighted by atomic mass is 16.2. The average Bonchev–Trinajstić information content (AvgIpc) is 2.61. The van der Waals surface area contributed by atoms with Crippen LogP contribution < -0.4 is 10.6 Å². The Hall–Kier alpha value is -3.16. The van der Waals surface area contributed by atoms with Gasteiger partial charge in [0.25, 0.3) is 0 Å². The van der Waals surface area contributed by atoms with Crippen molar-refractivity contribution >= 4 is 11.7 Å². The van der Waals surface area contributed by atoms with E-state index in [4.69, 9.17) is 10.5 Å². The maximum Gasteiger partial charge on any atom is 0.241 e. The van der Waals surface area contributed by atoms with Crippen LogP contribution in [-0.4, -0.2) is 42.0 Å². The second kappa shape index (κ2) is 8.32. The minimum atomic E-state index is -0.140. The second-order valence-corrected chi connectivity index (χ2v) is 4.74. The third-order valence-corrected chi connectivity index (χ3v) is 3.16. The Morgan fingerprint density at radius 2 is 2.17 bits per heavy atom. The summed E-state index contributed by atoms with van der Waals surface area (Å²) < 4.78 is 0. The molecular formula is C16H16N6O. The van der Waals surface area contributed by atoms with E-state index in [1.165, 1.54) is 11.1 Å². The maximum atomic E-state index is 12.0. The molecule has 0 atom stereocenters. The molecule has 0 saturated carbocycles. The molecule has 2 heterocycles. The largest absolute Gasteiger partial charge is 0.369 e. The van der Waals surface area contributed by atoms with Crippen LogP contribution in [-0.2, 0) is 4.79 Å². The fourth-order valence-electron chi connectivity index (χ4n) is 1.98. The third-order valence-electron chi connectivity index (χ3n) is 3.16. The van der Waals surface area contributed by atoms with Crippen molar-refractivity contribution in [1.29, 1.82) is 10.5 Å². The molecule has 0 unspecified atom stereocenters. The van der Waals surface area contributed by atoms with E-state index in [0.29, 0.717) is 36.7 Å². The van der Waals surface area contributed by atoms with Crippen molar-refractivity contribution in [3.8, 4) is 12.1 Å². The van der Waals surface area contributed by atoms with Crippen molar-refractivity contribution < 1.29 is 4.79 Å². The van der Waals surface area contributed by atoms with E-state index in [2.05, 4.69) is 15.6 Å². The molecule has 0 spiro atoms. The number of pyridine rings is 1. The lowest BCUT2D eigenvalue weighted by atomic mass is 10.2. The fourth-order valence-corrected chi connectivity index (χ4v) is 1.98. The summed E-state index contributed by atoms with van der Waals surface area (Å²) in [5.74, 6) is 0.534. The number of rotatable bonds is 6. The summed E-state index contributed by atoms with van der Waals surface area (Å²) >= 11 is 0. The molecule has 116 valence electrons. The van der Waals surface area contributed by atoms with Gasteiger partial charge in [-0.1, -0.05) is 12.2 Å². The van der Waals surface area contributed by atoms with Gasteiger partial charge >= 0.3 is 0 Å². The second-order valence-electron chi connectivity index (χ2n) is 4.74. The van der Waals surface area contributed by atoms with Crippen LogP contribution in [0.4, 0.5) is 5.82 Å². The number of carbonyl (C=O) groups is 1. The molecule has 0 aliphatic carbocycles. The summed E-state index contributed by atoms with van der Waals surface area (Å²) in [6.07, 6.45) is 6.72. The summed E-state index contributed by atoms with van der Waals surface area (Å²) in [4.78, 5) is 17.6. The zero-order valence-electron chi connectivity index (χ0n) is 12.5. The van der Waals surface area contributed by atoms with Gasteiger partial charge in [0.15, 0.2) is 0 Å². The highest BCUT2D eigenvalue weighted by molar-refractivity contribution is 5.81. The summed E-state index contributed by atoms with van der Waals surface area (Å²) in [5, 5.41) is 23.8. The zero-order chi connectivity index (χ0) is 16.5. The van der Waals surface area contributed by atoms with Crippen LogP contribution in [0.3, 0.4) is 0 Å². The van der Waals surface area contributed by atoms with Crippen LogP contribution >= 0.6 is 0 Å². The van der Waals surface area contributed by atoms with Crippen molar-refractivity contribution in [2.75, 3.05) is 31.5 Å². The number of hydrogen-bond acceptors (Lipinski definition) is 6. The molecule has 1 aromatic rings. The lowest BCUT2D eigenvalue weighted by molar-refractivity contribution is -0.127. The SMILES string of the molecule is N#CC1=CC=CCN1C(=O)CNCCNc1ccc(C#N)cn1. The monoisotopic (exact) mass is 308 g/mol. The van der Waals surface area contributed by atoms with Crippen LogP contribution in [0.15, 0.2) is 42.3 Å². The van der Waals surface area contributed by atoms with Gasteiger partial charge in [-0.25, -0.2) is 4.98 Å². The molecule has 7 heteroatoms. The number of carbonyl (C=O) groups excluding carboxylic acids is 1. The molecule has 0 aromatic carbocycles. The van der Waals surface area contributed by atoms with Gasteiger partial charge in [-0.2, -0.15) is 10.5 Å². The number of aromatic nitrogens is 1. The Bertz CT molecular complexity index is 693. The first kappa shape index (κ1) is 16.2. The average molecular weight is 308 g/mol. The van der Waals surface area contributed by atoms with Gasteiger partial charge in [-0.3, -0.25) is 9.69 Å². The highest BCUT2D eigenvalue weighted by Crippen LogP contribution is 2.08. The number of amides is 1. The summed E-state index contributed by atoms with van der Waals surface area (Å²) in [7, 11) is 0. The van der Waals surface area contributed by atoms with Crippen LogP contribution in [0.2, 0.25) is 0 Å². The van der Waals surface area contributed by atoms with Gasteiger partial charge in [0.2, 0.25) is 5.91 Å². The molecule has 1 aromatic heterocycles. The van der Waals surface area contributed by atoms with Crippen molar-refractivity contribution in [2.45, 2.75) is 0 Å². The van der Waals surface area contributed by atoms with Crippen LogP contribution in [0.1, 0.15) is 5.56 Å². The van der Waals surface area contributed by atoms with Gasteiger partial charge in [-0.05, 0) is 18.2 Å². The molecule has 2 rings (SSSR count). The summed E-state index contributed by atoms with van der Waals surface area (Å²) in [6, 6.07) is 7.43. The van der Waals surface area contributed by atoms with Crippen molar-refractivity contribution in [1.82, 2.24) is 15.2 Å². The zero-order valence-corrected chi connectivity index (χ0v) is 12.5. The first-order valence-electron chi connectivity index (χ1n) is 7.12. The molecule has 23 heavy (non-hydrogen) atoms.